The molecule has 0 atom stereocenters. The average Bonchev–Trinajstić information content (AvgIpc) is 2.69. The number of benzene rings is 1. The van der Waals surface area contributed by atoms with Crippen molar-refractivity contribution in [2.75, 3.05) is 11.1 Å². The molecule has 0 unspecified atom stereocenters. The van der Waals surface area contributed by atoms with E-state index in [-0.39, 0.29) is 16.4 Å². The highest BCUT2D eigenvalue weighted by Crippen LogP contribution is 2.32. The molecule has 0 aliphatic heterocycles. The van der Waals surface area contributed by atoms with E-state index in [1.165, 1.54) is 10.7 Å². The molecule has 3 N–H and O–H groups in total. The maximum Gasteiger partial charge on any atom is 0.276 e. The van der Waals surface area contributed by atoms with Crippen molar-refractivity contribution in [3.05, 3.63) is 38.8 Å². The van der Waals surface area contributed by atoms with Crippen LogP contribution in [0, 0.1) is 12.7 Å². The predicted molar refractivity (Wildman–Crippen MR) is 84.1 cm³/mol. The molecule has 0 bridgehead atoms. The number of halogens is 3. The molecule has 0 saturated carbocycles. The van der Waals surface area contributed by atoms with Gasteiger partial charge >= 0.3 is 0 Å². The van der Waals surface area contributed by atoms with Gasteiger partial charge in [-0.1, -0.05) is 11.6 Å². The van der Waals surface area contributed by atoms with Gasteiger partial charge < -0.3 is 11.1 Å². The lowest BCUT2D eigenvalue weighted by atomic mass is 10.2. The molecule has 1 aromatic heterocycles. The summed E-state index contributed by atoms with van der Waals surface area (Å²) in [6.45, 7) is 4.07. The Labute approximate surface area is 134 Å². The van der Waals surface area contributed by atoms with E-state index in [2.05, 4.69) is 26.3 Å². The lowest BCUT2D eigenvalue weighted by molar-refractivity contribution is 0.101. The minimum atomic E-state index is -0.501. The second kappa shape index (κ2) is 6.03. The smallest absolute Gasteiger partial charge is 0.276 e. The zero-order chi connectivity index (χ0) is 15.7. The highest BCUT2D eigenvalue weighted by atomic mass is 79.9. The number of hydrogen-bond acceptors (Lipinski definition) is 3. The van der Waals surface area contributed by atoms with Crippen molar-refractivity contribution in [2.24, 2.45) is 0 Å². The van der Waals surface area contributed by atoms with Crippen molar-refractivity contribution < 1.29 is 9.18 Å². The fourth-order valence-corrected chi connectivity index (χ4v) is 2.80. The molecule has 1 heterocycles. The first kappa shape index (κ1) is 15.8. The Kier molecular flexibility index (Phi) is 4.53. The third-order valence-corrected chi connectivity index (χ3v) is 3.86. The third-order valence-electron chi connectivity index (χ3n) is 2.93. The van der Waals surface area contributed by atoms with E-state index in [1.807, 2.05) is 6.92 Å². The number of nitrogen functional groups attached to an aromatic ring is 1. The monoisotopic (exact) mass is 374 g/mol. The van der Waals surface area contributed by atoms with Crippen molar-refractivity contribution in [3.8, 4) is 0 Å². The van der Waals surface area contributed by atoms with Gasteiger partial charge in [-0.3, -0.25) is 9.48 Å². The number of rotatable bonds is 3. The second-order valence-electron chi connectivity index (χ2n) is 4.36. The summed E-state index contributed by atoms with van der Waals surface area (Å²) in [7, 11) is 0. The summed E-state index contributed by atoms with van der Waals surface area (Å²) in [6.07, 6.45) is 0. The summed E-state index contributed by atoms with van der Waals surface area (Å²) in [6, 6.07) is 2.33. The normalized spacial score (nSPS) is 10.7. The van der Waals surface area contributed by atoms with Gasteiger partial charge in [0.2, 0.25) is 0 Å². The SMILES string of the molecule is CCn1nc(C)c(N)c1C(=O)Nc1c(Cl)cc(F)cc1Br. The number of nitrogens with two attached hydrogens (primary N) is 1. The van der Waals surface area contributed by atoms with Gasteiger partial charge in [0, 0.05) is 11.0 Å². The van der Waals surface area contributed by atoms with Gasteiger partial charge in [0.1, 0.15) is 11.5 Å². The first-order valence-electron chi connectivity index (χ1n) is 6.13. The van der Waals surface area contributed by atoms with Gasteiger partial charge in [0.25, 0.3) is 5.91 Å². The van der Waals surface area contributed by atoms with Crippen LogP contribution in [0.15, 0.2) is 16.6 Å². The fourth-order valence-electron chi connectivity index (χ4n) is 1.90. The van der Waals surface area contributed by atoms with E-state index in [9.17, 15) is 9.18 Å². The predicted octanol–water partition coefficient (Wildman–Crippen LogP) is 3.60. The van der Waals surface area contributed by atoms with E-state index < -0.39 is 11.7 Å². The molecule has 0 aliphatic rings. The molecule has 2 aromatic rings. The number of carbonyl (C=O) groups excluding carboxylic acids is 1. The minimum absolute atomic E-state index is 0.0908. The molecular formula is C13H13BrClFN4O. The number of nitrogens with one attached hydrogen (secondary N) is 1. The molecule has 0 spiro atoms. The molecular weight excluding hydrogens is 363 g/mol. The van der Waals surface area contributed by atoms with Crippen molar-refractivity contribution in [2.45, 2.75) is 20.4 Å². The molecule has 112 valence electrons. The van der Waals surface area contributed by atoms with E-state index in [4.69, 9.17) is 17.3 Å². The molecule has 2 rings (SSSR count). The second-order valence-corrected chi connectivity index (χ2v) is 5.62. The van der Waals surface area contributed by atoms with Crippen molar-refractivity contribution in [1.82, 2.24) is 9.78 Å². The summed E-state index contributed by atoms with van der Waals surface area (Å²) in [5.41, 5.74) is 7.30. The number of amides is 1. The molecule has 1 amide bonds. The summed E-state index contributed by atoms with van der Waals surface area (Å²) in [5.74, 6) is -0.956. The van der Waals surface area contributed by atoms with Gasteiger partial charge in [-0.2, -0.15) is 5.10 Å². The summed E-state index contributed by atoms with van der Waals surface area (Å²) >= 11 is 9.11. The first-order valence-corrected chi connectivity index (χ1v) is 7.31. The van der Waals surface area contributed by atoms with E-state index in [0.717, 1.165) is 6.07 Å². The van der Waals surface area contributed by atoms with Gasteiger partial charge in [-0.15, -0.1) is 0 Å². The maximum atomic E-state index is 13.2. The summed E-state index contributed by atoms with van der Waals surface area (Å²) in [5, 5.41) is 6.89. The van der Waals surface area contributed by atoms with Crippen LogP contribution in [0.2, 0.25) is 5.02 Å². The zero-order valence-corrected chi connectivity index (χ0v) is 13.7. The van der Waals surface area contributed by atoms with E-state index >= 15 is 0 Å². The van der Waals surface area contributed by atoms with Crippen LogP contribution < -0.4 is 11.1 Å². The van der Waals surface area contributed by atoms with Crippen molar-refractivity contribution in [1.29, 1.82) is 0 Å². The lowest BCUT2D eigenvalue weighted by Gasteiger charge is -2.11. The van der Waals surface area contributed by atoms with Gasteiger partial charge in [0.15, 0.2) is 0 Å². The number of carbonyl (C=O) groups is 1. The van der Waals surface area contributed by atoms with Crippen LogP contribution in [-0.2, 0) is 6.54 Å². The summed E-state index contributed by atoms with van der Waals surface area (Å²) < 4.78 is 15.0. The molecule has 1 aromatic carbocycles. The highest BCUT2D eigenvalue weighted by molar-refractivity contribution is 9.10. The molecule has 0 radical (unpaired) electrons. The standard InChI is InChI=1S/C13H13BrClFN4O/c1-3-20-12(10(17)6(2)19-20)13(21)18-11-8(14)4-7(16)5-9(11)15/h4-5H,3,17H2,1-2H3,(H,18,21). The third kappa shape index (κ3) is 3.03. The quantitative estimate of drug-likeness (QED) is 0.861. The van der Waals surface area contributed by atoms with Crippen LogP contribution in [0.1, 0.15) is 23.1 Å². The molecule has 8 heteroatoms. The topological polar surface area (TPSA) is 72.9 Å². The molecule has 0 fully saturated rings. The highest BCUT2D eigenvalue weighted by Gasteiger charge is 2.21. The summed E-state index contributed by atoms with van der Waals surface area (Å²) in [4.78, 5) is 12.4. The van der Waals surface area contributed by atoms with Crippen LogP contribution in [0.3, 0.4) is 0 Å². The Hall–Kier alpha value is -1.60. The van der Waals surface area contributed by atoms with Crippen LogP contribution in [0.5, 0.6) is 0 Å². The van der Waals surface area contributed by atoms with Gasteiger partial charge in [-0.25, -0.2) is 4.39 Å². The fraction of sp³-hybridized carbons (Fsp3) is 0.231. The number of hydrogen-bond donors (Lipinski definition) is 2. The molecule has 0 aliphatic carbocycles. The average molecular weight is 376 g/mol. The van der Waals surface area contributed by atoms with Gasteiger partial charge in [0.05, 0.1) is 22.1 Å². The Balaban J connectivity index is 2.40. The van der Waals surface area contributed by atoms with Crippen LogP contribution in [-0.4, -0.2) is 15.7 Å². The van der Waals surface area contributed by atoms with Crippen LogP contribution in [0.4, 0.5) is 15.8 Å². The molecule has 0 saturated heterocycles. The van der Waals surface area contributed by atoms with Crippen LogP contribution >= 0.6 is 27.5 Å². The number of nitrogens with zero attached hydrogens (tertiary/aromatic N) is 2. The van der Waals surface area contributed by atoms with Crippen molar-refractivity contribution >= 4 is 44.8 Å². The number of anilines is 2. The lowest BCUT2D eigenvalue weighted by Crippen LogP contribution is -2.19. The Morgan fingerprint density at radius 3 is 2.81 bits per heavy atom. The Morgan fingerprint density at radius 1 is 1.57 bits per heavy atom. The number of aromatic nitrogens is 2. The Bertz CT molecular complexity index is 693. The zero-order valence-electron chi connectivity index (χ0n) is 11.4. The minimum Gasteiger partial charge on any atom is -0.395 e. The maximum absolute atomic E-state index is 13.2. The van der Waals surface area contributed by atoms with Gasteiger partial charge in [-0.05, 0) is 41.9 Å². The largest absolute Gasteiger partial charge is 0.395 e. The van der Waals surface area contributed by atoms with Crippen LogP contribution in [0.25, 0.3) is 0 Å². The molecule has 21 heavy (non-hydrogen) atoms. The van der Waals surface area contributed by atoms with E-state index in [0.29, 0.717) is 22.4 Å². The first-order chi connectivity index (χ1) is 9.85. The van der Waals surface area contributed by atoms with E-state index in [1.54, 1.807) is 6.92 Å². The Morgan fingerprint density at radius 2 is 2.24 bits per heavy atom. The van der Waals surface area contributed by atoms with Crippen molar-refractivity contribution in [3.63, 3.8) is 0 Å². The number of aryl methyl sites for hydroxylation is 2. The molecule has 5 nitrogen and oxygen atoms in total.